The summed E-state index contributed by atoms with van der Waals surface area (Å²) < 4.78 is 16.1. The van der Waals surface area contributed by atoms with Gasteiger partial charge in [-0.1, -0.05) is 30.3 Å². The second-order valence-electron chi connectivity index (χ2n) is 4.85. The maximum Gasteiger partial charge on any atom is 0.337 e. The molecule has 0 unspecified atom stereocenters. The summed E-state index contributed by atoms with van der Waals surface area (Å²) in [6.07, 6.45) is 0.472. The third-order valence-electron chi connectivity index (χ3n) is 3.40. The van der Waals surface area contributed by atoms with E-state index in [0.29, 0.717) is 29.4 Å². The molecule has 0 fully saturated rings. The molecule has 0 bridgehead atoms. The molecule has 5 heteroatoms. The molecule has 122 valence electrons. The van der Waals surface area contributed by atoms with Crippen molar-refractivity contribution in [2.24, 2.45) is 0 Å². The van der Waals surface area contributed by atoms with Crippen LogP contribution in [0.5, 0.6) is 11.5 Å². The number of alkyl halides is 1. The molecule has 1 atom stereocenters. The van der Waals surface area contributed by atoms with Crippen LogP contribution < -0.4 is 9.47 Å². The summed E-state index contributed by atoms with van der Waals surface area (Å²) in [7, 11) is 2.87. The molecule has 0 amide bonds. The third-order valence-corrected chi connectivity index (χ3v) is 3.61. The molecule has 0 aliphatic heterocycles. The summed E-state index contributed by atoms with van der Waals surface area (Å²) in [5, 5.41) is 0. The molecule has 0 radical (unpaired) electrons. The molecule has 0 aromatic heterocycles. The molecular formula is C18H19ClO4. The van der Waals surface area contributed by atoms with Gasteiger partial charge in [-0.25, -0.2) is 4.79 Å². The van der Waals surface area contributed by atoms with Gasteiger partial charge in [0.15, 0.2) is 11.5 Å². The van der Waals surface area contributed by atoms with Crippen LogP contribution in [0.2, 0.25) is 0 Å². The highest BCUT2D eigenvalue weighted by Crippen LogP contribution is 2.33. The van der Waals surface area contributed by atoms with Crippen molar-refractivity contribution < 1.29 is 19.0 Å². The van der Waals surface area contributed by atoms with Crippen molar-refractivity contribution in [3.05, 3.63) is 59.7 Å². The number of carbonyl (C=O) groups is 1. The Morgan fingerprint density at radius 3 is 2.43 bits per heavy atom. The Bertz CT molecular complexity index is 643. The fourth-order valence-electron chi connectivity index (χ4n) is 2.22. The lowest BCUT2D eigenvalue weighted by molar-refractivity contribution is 0.0600. The highest BCUT2D eigenvalue weighted by molar-refractivity contribution is 6.17. The normalized spacial score (nSPS) is 11.6. The standard InChI is InChI=1S/C18H19ClO4/c1-21-17-12-14(18(20)22-2)8-9-16(17)23-15(10-11-19)13-6-4-3-5-7-13/h3-9,12,15H,10-11H2,1-2H3/t15-/m0/s1. The molecule has 2 aromatic carbocycles. The number of hydrogen-bond acceptors (Lipinski definition) is 4. The smallest absolute Gasteiger partial charge is 0.337 e. The molecule has 0 aliphatic carbocycles. The minimum Gasteiger partial charge on any atom is -0.493 e. The van der Waals surface area contributed by atoms with Crippen molar-refractivity contribution in [1.82, 2.24) is 0 Å². The monoisotopic (exact) mass is 334 g/mol. The highest BCUT2D eigenvalue weighted by atomic mass is 35.5. The highest BCUT2D eigenvalue weighted by Gasteiger charge is 2.17. The van der Waals surface area contributed by atoms with Crippen molar-refractivity contribution in [2.75, 3.05) is 20.1 Å². The first-order valence-corrected chi connectivity index (χ1v) is 7.77. The Labute approximate surface area is 140 Å². The van der Waals surface area contributed by atoms with E-state index in [2.05, 4.69) is 0 Å². The predicted octanol–water partition coefficient (Wildman–Crippen LogP) is 4.23. The van der Waals surface area contributed by atoms with E-state index < -0.39 is 5.97 Å². The fourth-order valence-corrected chi connectivity index (χ4v) is 2.42. The van der Waals surface area contributed by atoms with E-state index in [9.17, 15) is 4.79 Å². The lowest BCUT2D eigenvalue weighted by Gasteiger charge is -2.20. The number of ether oxygens (including phenoxy) is 3. The Morgan fingerprint density at radius 1 is 1.09 bits per heavy atom. The molecule has 0 spiro atoms. The summed E-state index contributed by atoms with van der Waals surface area (Å²) in [4.78, 5) is 11.6. The van der Waals surface area contributed by atoms with E-state index in [-0.39, 0.29) is 6.10 Å². The first-order valence-electron chi connectivity index (χ1n) is 7.23. The molecule has 0 saturated heterocycles. The van der Waals surface area contributed by atoms with Crippen LogP contribution in [0.25, 0.3) is 0 Å². The maximum atomic E-state index is 11.6. The van der Waals surface area contributed by atoms with Gasteiger partial charge in [-0.3, -0.25) is 0 Å². The Kier molecular flexibility index (Phi) is 6.29. The second-order valence-corrected chi connectivity index (χ2v) is 5.23. The summed E-state index contributed by atoms with van der Waals surface area (Å²) in [5.41, 5.74) is 1.44. The molecule has 0 aliphatic rings. The minimum atomic E-state index is -0.421. The minimum absolute atomic E-state index is 0.188. The van der Waals surface area contributed by atoms with Crippen LogP contribution >= 0.6 is 11.6 Å². The van der Waals surface area contributed by atoms with Crippen LogP contribution in [-0.4, -0.2) is 26.1 Å². The first-order chi connectivity index (χ1) is 11.2. The van der Waals surface area contributed by atoms with Gasteiger partial charge < -0.3 is 14.2 Å². The average Bonchev–Trinajstić information content (AvgIpc) is 2.61. The summed E-state index contributed by atoms with van der Waals surface area (Å²) in [5.74, 6) is 1.08. The van der Waals surface area contributed by atoms with Gasteiger partial charge in [0.25, 0.3) is 0 Å². The van der Waals surface area contributed by atoms with Gasteiger partial charge in [-0.05, 0) is 23.8 Å². The van der Waals surface area contributed by atoms with Gasteiger partial charge in [0.2, 0.25) is 0 Å². The lowest BCUT2D eigenvalue weighted by Crippen LogP contribution is -2.10. The number of carbonyl (C=O) groups excluding carboxylic acids is 1. The van der Waals surface area contributed by atoms with Crippen molar-refractivity contribution in [3.63, 3.8) is 0 Å². The average molecular weight is 335 g/mol. The van der Waals surface area contributed by atoms with Crippen LogP contribution in [0.1, 0.15) is 28.4 Å². The van der Waals surface area contributed by atoms with E-state index in [0.717, 1.165) is 5.56 Å². The van der Waals surface area contributed by atoms with E-state index >= 15 is 0 Å². The van der Waals surface area contributed by atoms with Gasteiger partial charge in [0, 0.05) is 12.3 Å². The van der Waals surface area contributed by atoms with Gasteiger partial charge in [0.1, 0.15) is 6.10 Å². The number of esters is 1. The first kappa shape index (κ1) is 17.2. The number of halogens is 1. The molecular weight excluding hydrogens is 316 g/mol. The van der Waals surface area contributed by atoms with E-state index in [1.54, 1.807) is 18.2 Å². The third kappa shape index (κ3) is 4.39. The van der Waals surface area contributed by atoms with Gasteiger partial charge in [-0.2, -0.15) is 0 Å². The number of benzene rings is 2. The van der Waals surface area contributed by atoms with Crippen molar-refractivity contribution >= 4 is 17.6 Å². The van der Waals surface area contributed by atoms with Crippen LogP contribution in [0.4, 0.5) is 0 Å². The van der Waals surface area contributed by atoms with Crippen LogP contribution in [0, 0.1) is 0 Å². The molecule has 0 heterocycles. The van der Waals surface area contributed by atoms with Gasteiger partial charge in [-0.15, -0.1) is 11.6 Å². The molecule has 4 nitrogen and oxygen atoms in total. The lowest BCUT2D eigenvalue weighted by atomic mass is 10.1. The molecule has 2 aromatic rings. The van der Waals surface area contributed by atoms with Crippen LogP contribution in [0.3, 0.4) is 0 Å². The number of rotatable bonds is 7. The van der Waals surface area contributed by atoms with Crippen molar-refractivity contribution in [3.8, 4) is 11.5 Å². The topological polar surface area (TPSA) is 44.8 Å². The number of hydrogen-bond donors (Lipinski definition) is 0. The molecule has 23 heavy (non-hydrogen) atoms. The zero-order valence-corrected chi connectivity index (χ0v) is 13.9. The van der Waals surface area contributed by atoms with E-state index in [1.165, 1.54) is 14.2 Å². The fraction of sp³-hybridized carbons (Fsp3) is 0.278. The largest absolute Gasteiger partial charge is 0.493 e. The van der Waals surface area contributed by atoms with E-state index in [4.69, 9.17) is 25.8 Å². The predicted molar refractivity (Wildman–Crippen MR) is 89.5 cm³/mol. The molecule has 2 rings (SSSR count). The Morgan fingerprint density at radius 2 is 1.83 bits per heavy atom. The van der Waals surface area contributed by atoms with Gasteiger partial charge >= 0.3 is 5.97 Å². The van der Waals surface area contributed by atoms with Gasteiger partial charge in [0.05, 0.1) is 19.8 Å². The Hall–Kier alpha value is -2.20. The molecule has 0 saturated carbocycles. The van der Waals surface area contributed by atoms with Crippen LogP contribution in [0.15, 0.2) is 48.5 Å². The molecule has 0 N–H and O–H groups in total. The van der Waals surface area contributed by atoms with Crippen molar-refractivity contribution in [2.45, 2.75) is 12.5 Å². The number of methoxy groups -OCH3 is 2. The Balaban J connectivity index is 2.27. The van der Waals surface area contributed by atoms with Crippen LogP contribution in [-0.2, 0) is 4.74 Å². The SMILES string of the molecule is COC(=O)c1ccc(O[C@@H](CCCl)c2ccccc2)c(OC)c1. The summed E-state index contributed by atoms with van der Waals surface area (Å²) in [6.45, 7) is 0. The maximum absolute atomic E-state index is 11.6. The zero-order valence-electron chi connectivity index (χ0n) is 13.1. The second kappa shape index (κ2) is 8.44. The van der Waals surface area contributed by atoms with E-state index in [1.807, 2.05) is 30.3 Å². The summed E-state index contributed by atoms with van der Waals surface area (Å²) in [6, 6.07) is 14.8. The van der Waals surface area contributed by atoms with Crippen molar-refractivity contribution in [1.29, 1.82) is 0 Å². The zero-order chi connectivity index (χ0) is 16.7. The summed E-state index contributed by atoms with van der Waals surface area (Å²) >= 11 is 5.90. The quantitative estimate of drug-likeness (QED) is 0.561.